The highest BCUT2D eigenvalue weighted by molar-refractivity contribution is 6.31. The van der Waals surface area contributed by atoms with Gasteiger partial charge in [-0.15, -0.1) is 0 Å². The zero-order chi connectivity index (χ0) is 13.6. The second-order valence-corrected chi connectivity index (χ2v) is 4.83. The lowest BCUT2D eigenvalue weighted by Crippen LogP contribution is -2.35. The summed E-state index contributed by atoms with van der Waals surface area (Å²) >= 11 is 6.15. The van der Waals surface area contributed by atoms with Crippen LogP contribution in [0.25, 0.3) is 0 Å². The van der Waals surface area contributed by atoms with Gasteiger partial charge in [0, 0.05) is 13.7 Å². The molecule has 0 saturated heterocycles. The molecule has 6 heteroatoms. The Morgan fingerprint density at radius 2 is 2.33 bits per heavy atom. The normalized spacial score (nSPS) is 14.7. The lowest BCUT2D eigenvalue weighted by atomic mass is 9.94. The van der Waals surface area contributed by atoms with E-state index in [0.717, 1.165) is 13.0 Å². The van der Waals surface area contributed by atoms with Crippen LogP contribution in [-0.2, 0) is 16.9 Å². The third kappa shape index (κ3) is 3.45. The molecule has 3 N–H and O–H groups in total. The molecule has 0 aliphatic heterocycles. The molecule has 1 unspecified atom stereocenters. The first kappa shape index (κ1) is 15.4. The first-order valence-corrected chi connectivity index (χ1v) is 6.60. The topological polar surface area (TPSA) is 73.3 Å². The minimum Gasteiger partial charge on any atom is -0.381 e. The minimum atomic E-state index is -1.13. The molecule has 5 nitrogen and oxygen atoms in total. The summed E-state index contributed by atoms with van der Waals surface area (Å²) in [5.41, 5.74) is 5.01. The van der Waals surface area contributed by atoms with Crippen LogP contribution in [0, 0.1) is 0 Å². The summed E-state index contributed by atoms with van der Waals surface area (Å²) in [7, 11) is 1.56. The van der Waals surface area contributed by atoms with Crippen molar-refractivity contribution < 1.29 is 9.84 Å². The van der Waals surface area contributed by atoms with Crippen LogP contribution in [0.15, 0.2) is 6.20 Å². The van der Waals surface area contributed by atoms with Crippen LogP contribution in [0.5, 0.6) is 0 Å². The fraction of sp³-hybridized carbons (Fsp3) is 0.750. The second-order valence-electron chi connectivity index (χ2n) is 4.42. The SMILES string of the molecule is CCCn1ncc(Cl)c1C(O)(CCCN)COC. The molecule has 0 amide bonds. The average Bonchev–Trinajstić information content (AvgIpc) is 2.69. The third-order valence-corrected chi connectivity index (χ3v) is 3.13. The molecule has 0 bridgehead atoms. The molecule has 0 spiro atoms. The van der Waals surface area contributed by atoms with Crippen LogP contribution < -0.4 is 5.73 Å². The molecule has 18 heavy (non-hydrogen) atoms. The standard InChI is InChI=1S/C12H22ClN3O2/c1-3-7-16-11(10(13)8-15-16)12(17,9-18-2)5-4-6-14/h8,17H,3-7,9,14H2,1-2H3. The highest BCUT2D eigenvalue weighted by Gasteiger charge is 2.34. The van der Waals surface area contributed by atoms with Gasteiger partial charge in [0.15, 0.2) is 0 Å². The van der Waals surface area contributed by atoms with Crippen LogP contribution >= 0.6 is 11.6 Å². The lowest BCUT2D eigenvalue weighted by molar-refractivity contribution is -0.0491. The number of hydrogen-bond donors (Lipinski definition) is 2. The van der Waals surface area contributed by atoms with Crippen molar-refractivity contribution in [2.45, 2.75) is 38.3 Å². The van der Waals surface area contributed by atoms with E-state index in [9.17, 15) is 5.11 Å². The van der Waals surface area contributed by atoms with Crippen molar-refractivity contribution >= 4 is 11.6 Å². The van der Waals surface area contributed by atoms with Crippen LogP contribution in [-0.4, -0.2) is 35.1 Å². The van der Waals surface area contributed by atoms with Crippen LogP contribution in [0.4, 0.5) is 0 Å². The van der Waals surface area contributed by atoms with Gasteiger partial charge in [0.05, 0.1) is 23.5 Å². The van der Waals surface area contributed by atoms with Crippen LogP contribution in [0.3, 0.4) is 0 Å². The lowest BCUT2D eigenvalue weighted by Gasteiger charge is -2.28. The number of ether oxygens (including phenoxy) is 1. The van der Waals surface area contributed by atoms with E-state index in [0.29, 0.717) is 30.1 Å². The Kier molecular flexibility index (Phi) is 6.08. The van der Waals surface area contributed by atoms with Gasteiger partial charge in [-0.25, -0.2) is 0 Å². The van der Waals surface area contributed by atoms with Gasteiger partial charge in [0.25, 0.3) is 0 Å². The molecule has 1 heterocycles. The summed E-state index contributed by atoms with van der Waals surface area (Å²) in [4.78, 5) is 0. The maximum atomic E-state index is 10.8. The quantitative estimate of drug-likeness (QED) is 0.754. The van der Waals surface area contributed by atoms with E-state index >= 15 is 0 Å². The molecule has 104 valence electrons. The zero-order valence-corrected chi connectivity index (χ0v) is 11.8. The van der Waals surface area contributed by atoms with Gasteiger partial charge in [-0.3, -0.25) is 4.68 Å². The van der Waals surface area contributed by atoms with Crippen LogP contribution in [0.1, 0.15) is 31.9 Å². The first-order chi connectivity index (χ1) is 8.59. The van der Waals surface area contributed by atoms with Crippen molar-refractivity contribution in [3.05, 3.63) is 16.9 Å². The van der Waals surface area contributed by atoms with E-state index in [-0.39, 0.29) is 6.61 Å². The van der Waals surface area contributed by atoms with Crippen molar-refractivity contribution in [1.82, 2.24) is 9.78 Å². The molecule has 1 atom stereocenters. The number of aliphatic hydroxyl groups is 1. The number of nitrogens with two attached hydrogens (primary N) is 1. The monoisotopic (exact) mass is 275 g/mol. The fourth-order valence-electron chi connectivity index (χ4n) is 2.10. The summed E-state index contributed by atoms with van der Waals surface area (Å²) in [6.45, 7) is 3.47. The number of nitrogens with zero attached hydrogens (tertiary/aromatic N) is 2. The van der Waals surface area contributed by atoms with Crippen molar-refractivity contribution in [2.75, 3.05) is 20.3 Å². The fourth-order valence-corrected chi connectivity index (χ4v) is 2.42. The van der Waals surface area contributed by atoms with E-state index in [1.54, 1.807) is 18.0 Å². The average molecular weight is 276 g/mol. The Labute approximate surface area is 113 Å². The number of aromatic nitrogens is 2. The van der Waals surface area contributed by atoms with Gasteiger partial charge >= 0.3 is 0 Å². The molecule has 1 rings (SSSR count). The summed E-state index contributed by atoms with van der Waals surface area (Å²) in [5, 5.41) is 15.4. The highest BCUT2D eigenvalue weighted by Crippen LogP contribution is 2.32. The van der Waals surface area contributed by atoms with Gasteiger partial charge in [-0.1, -0.05) is 18.5 Å². The molecule has 1 aromatic rings. The maximum Gasteiger partial charge on any atom is 0.131 e. The van der Waals surface area contributed by atoms with Crippen molar-refractivity contribution in [3.63, 3.8) is 0 Å². The van der Waals surface area contributed by atoms with Crippen molar-refractivity contribution in [2.24, 2.45) is 5.73 Å². The number of hydrogen-bond acceptors (Lipinski definition) is 4. The Morgan fingerprint density at radius 1 is 1.61 bits per heavy atom. The molecule has 0 fully saturated rings. The second kappa shape index (κ2) is 7.09. The number of halogens is 1. The van der Waals surface area contributed by atoms with Gasteiger partial charge in [0.1, 0.15) is 5.60 Å². The highest BCUT2D eigenvalue weighted by atomic mass is 35.5. The summed E-state index contributed by atoms with van der Waals surface area (Å²) in [6, 6.07) is 0. The molecule has 0 aromatic carbocycles. The van der Waals surface area contributed by atoms with Crippen molar-refractivity contribution in [1.29, 1.82) is 0 Å². The third-order valence-electron chi connectivity index (χ3n) is 2.85. The number of methoxy groups -OCH3 is 1. The summed E-state index contributed by atoms with van der Waals surface area (Å²) in [5.74, 6) is 0. The molecule has 0 saturated carbocycles. The molecule has 1 aromatic heterocycles. The van der Waals surface area contributed by atoms with E-state index in [4.69, 9.17) is 22.1 Å². The van der Waals surface area contributed by atoms with E-state index in [1.165, 1.54) is 0 Å². The van der Waals surface area contributed by atoms with Crippen LogP contribution in [0.2, 0.25) is 5.02 Å². The Balaban J connectivity index is 3.06. The molecule has 0 aliphatic carbocycles. The smallest absolute Gasteiger partial charge is 0.131 e. The van der Waals surface area contributed by atoms with E-state index in [1.807, 2.05) is 0 Å². The largest absolute Gasteiger partial charge is 0.381 e. The van der Waals surface area contributed by atoms with E-state index < -0.39 is 5.60 Å². The molecule has 0 radical (unpaired) electrons. The summed E-state index contributed by atoms with van der Waals surface area (Å²) < 4.78 is 6.87. The predicted octanol–water partition coefficient (Wildman–Crippen LogP) is 1.52. The number of aryl methyl sites for hydroxylation is 1. The maximum absolute atomic E-state index is 10.8. The predicted molar refractivity (Wildman–Crippen MR) is 71.6 cm³/mol. The Bertz CT molecular complexity index is 370. The van der Waals surface area contributed by atoms with Gasteiger partial charge < -0.3 is 15.6 Å². The first-order valence-electron chi connectivity index (χ1n) is 6.22. The molecular formula is C12H22ClN3O2. The zero-order valence-electron chi connectivity index (χ0n) is 11.0. The van der Waals surface area contributed by atoms with Gasteiger partial charge in [0.2, 0.25) is 0 Å². The number of rotatable bonds is 8. The Hall–Kier alpha value is -0.620. The summed E-state index contributed by atoms with van der Waals surface area (Å²) in [6.07, 6.45) is 3.69. The van der Waals surface area contributed by atoms with Gasteiger partial charge in [-0.05, 0) is 25.8 Å². The van der Waals surface area contributed by atoms with Crippen molar-refractivity contribution in [3.8, 4) is 0 Å². The van der Waals surface area contributed by atoms with Gasteiger partial charge in [-0.2, -0.15) is 5.10 Å². The molecule has 0 aliphatic rings. The molecular weight excluding hydrogens is 254 g/mol. The Morgan fingerprint density at radius 3 is 2.89 bits per heavy atom. The van der Waals surface area contributed by atoms with E-state index in [2.05, 4.69) is 12.0 Å². The minimum absolute atomic E-state index is 0.183.